The predicted octanol–water partition coefficient (Wildman–Crippen LogP) is 3.71. The molecule has 3 rings (SSSR count). The van der Waals surface area contributed by atoms with Gasteiger partial charge in [-0.25, -0.2) is 0 Å². The van der Waals surface area contributed by atoms with Crippen molar-refractivity contribution in [3.05, 3.63) is 48.0 Å². The van der Waals surface area contributed by atoms with Crippen LogP contribution < -0.4 is 0 Å². The highest BCUT2D eigenvalue weighted by Crippen LogP contribution is 2.30. The smallest absolute Gasteiger partial charge is 0.123 e. The lowest BCUT2D eigenvalue weighted by Gasteiger charge is -2.05. The van der Waals surface area contributed by atoms with E-state index in [9.17, 15) is 0 Å². The van der Waals surface area contributed by atoms with E-state index in [1.54, 1.807) is 7.11 Å². The molecule has 0 aliphatic rings. The minimum Gasteiger partial charge on any atom is -0.364 e. The largest absolute Gasteiger partial charge is 0.364 e. The Hall–Kier alpha value is -1.80. The standard InChI is InChI=1S/C15H15NO/c1-11-6-5-9-14-15(11)12-7-3-4-8-13(12)16(14)10-17-2/h3-9H,10H2,1-2H3. The van der Waals surface area contributed by atoms with Gasteiger partial charge in [0.15, 0.2) is 0 Å². The molecule has 0 aliphatic heterocycles. The van der Waals surface area contributed by atoms with Crippen molar-refractivity contribution in [2.24, 2.45) is 0 Å². The molecule has 2 heteroatoms. The van der Waals surface area contributed by atoms with Gasteiger partial charge in [0.2, 0.25) is 0 Å². The second-order valence-electron chi connectivity index (χ2n) is 4.33. The van der Waals surface area contributed by atoms with Crippen molar-refractivity contribution < 1.29 is 4.74 Å². The van der Waals surface area contributed by atoms with Crippen molar-refractivity contribution in [1.82, 2.24) is 4.57 Å². The van der Waals surface area contributed by atoms with Gasteiger partial charge in [0, 0.05) is 17.9 Å². The molecule has 0 saturated carbocycles. The van der Waals surface area contributed by atoms with Crippen molar-refractivity contribution in [2.45, 2.75) is 13.7 Å². The van der Waals surface area contributed by atoms with Crippen LogP contribution in [0.1, 0.15) is 5.56 Å². The van der Waals surface area contributed by atoms with Crippen LogP contribution in [0.25, 0.3) is 21.8 Å². The van der Waals surface area contributed by atoms with E-state index in [-0.39, 0.29) is 0 Å². The van der Waals surface area contributed by atoms with Crippen molar-refractivity contribution in [3.8, 4) is 0 Å². The first-order valence-electron chi connectivity index (χ1n) is 5.78. The summed E-state index contributed by atoms with van der Waals surface area (Å²) in [6.07, 6.45) is 0. The molecule has 0 fully saturated rings. The zero-order valence-corrected chi connectivity index (χ0v) is 10.1. The lowest BCUT2D eigenvalue weighted by Crippen LogP contribution is -1.98. The highest BCUT2D eigenvalue weighted by Gasteiger charge is 2.10. The number of rotatable bonds is 2. The number of benzene rings is 2. The second-order valence-corrected chi connectivity index (χ2v) is 4.33. The molecule has 0 atom stereocenters. The molecule has 2 nitrogen and oxygen atoms in total. The van der Waals surface area contributed by atoms with Crippen LogP contribution in [0.3, 0.4) is 0 Å². The molecule has 1 heterocycles. The van der Waals surface area contributed by atoms with Crippen molar-refractivity contribution in [3.63, 3.8) is 0 Å². The molecule has 0 spiro atoms. The van der Waals surface area contributed by atoms with Gasteiger partial charge in [0.25, 0.3) is 0 Å². The molecule has 0 amide bonds. The maximum absolute atomic E-state index is 5.31. The first kappa shape index (κ1) is 10.4. The Kier molecular flexibility index (Phi) is 2.37. The van der Waals surface area contributed by atoms with Gasteiger partial charge in [0.05, 0.1) is 11.0 Å². The van der Waals surface area contributed by atoms with Gasteiger partial charge in [0.1, 0.15) is 6.73 Å². The Morgan fingerprint density at radius 3 is 2.59 bits per heavy atom. The summed E-state index contributed by atoms with van der Waals surface area (Å²) < 4.78 is 7.53. The lowest BCUT2D eigenvalue weighted by molar-refractivity contribution is 0.138. The number of hydrogen-bond donors (Lipinski definition) is 0. The number of para-hydroxylation sites is 1. The fraction of sp³-hybridized carbons (Fsp3) is 0.200. The monoisotopic (exact) mass is 225 g/mol. The summed E-state index contributed by atoms with van der Waals surface area (Å²) in [5.41, 5.74) is 3.79. The van der Waals surface area contributed by atoms with Crippen LogP contribution in [0.2, 0.25) is 0 Å². The average molecular weight is 225 g/mol. The summed E-state index contributed by atoms with van der Waals surface area (Å²) >= 11 is 0. The van der Waals surface area contributed by atoms with Crippen LogP contribution in [0.15, 0.2) is 42.5 Å². The van der Waals surface area contributed by atoms with Gasteiger partial charge in [-0.2, -0.15) is 0 Å². The fourth-order valence-corrected chi connectivity index (χ4v) is 2.55. The van der Waals surface area contributed by atoms with E-state index >= 15 is 0 Å². The summed E-state index contributed by atoms with van der Waals surface area (Å²) in [6, 6.07) is 14.9. The van der Waals surface area contributed by atoms with Gasteiger partial charge in [-0.15, -0.1) is 0 Å². The first-order valence-corrected chi connectivity index (χ1v) is 5.78. The van der Waals surface area contributed by atoms with E-state index in [0.717, 1.165) is 0 Å². The van der Waals surface area contributed by atoms with Gasteiger partial charge < -0.3 is 9.30 Å². The Bertz CT molecular complexity index is 682. The van der Waals surface area contributed by atoms with Crippen LogP contribution in [0, 0.1) is 6.92 Å². The Morgan fingerprint density at radius 2 is 1.76 bits per heavy atom. The SMILES string of the molecule is COCn1c2ccccc2c2c(C)cccc21. The van der Waals surface area contributed by atoms with E-state index in [0.29, 0.717) is 6.73 Å². The molecule has 3 aromatic rings. The average Bonchev–Trinajstić information content (AvgIpc) is 2.66. The predicted molar refractivity (Wildman–Crippen MR) is 71.2 cm³/mol. The quantitative estimate of drug-likeness (QED) is 0.648. The molecular weight excluding hydrogens is 210 g/mol. The van der Waals surface area contributed by atoms with E-state index in [2.05, 4.69) is 54.0 Å². The summed E-state index contributed by atoms with van der Waals surface area (Å²) in [7, 11) is 1.73. The highest BCUT2D eigenvalue weighted by molar-refractivity contribution is 6.09. The molecule has 0 saturated heterocycles. The highest BCUT2D eigenvalue weighted by atomic mass is 16.5. The van der Waals surface area contributed by atoms with Gasteiger partial charge >= 0.3 is 0 Å². The topological polar surface area (TPSA) is 14.2 Å². The fourth-order valence-electron chi connectivity index (χ4n) is 2.55. The number of hydrogen-bond acceptors (Lipinski definition) is 1. The van der Waals surface area contributed by atoms with E-state index in [1.807, 2.05) is 0 Å². The molecule has 1 aromatic heterocycles. The molecule has 2 aromatic carbocycles. The van der Waals surface area contributed by atoms with Crippen LogP contribution in [-0.2, 0) is 11.5 Å². The summed E-state index contributed by atoms with van der Waals surface area (Å²) in [5, 5.41) is 2.64. The van der Waals surface area contributed by atoms with Gasteiger partial charge in [-0.3, -0.25) is 0 Å². The van der Waals surface area contributed by atoms with Gasteiger partial charge in [-0.05, 0) is 24.6 Å². The zero-order valence-electron chi connectivity index (χ0n) is 10.1. The minimum atomic E-state index is 0.591. The molecule has 0 bridgehead atoms. The van der Waals surface area contributed by atoms with Crippen LogP contribution >= 0.6 is 0 Å². The van der Waals surface area contributed by atoms with Crippen molar-refractivity contribution in [1.29, 1.82) is 0 Å². The molecule has 86 valence electrons. The number of aryl methyl sites for hydroxylation is 1. The van der Waals surface area contributed by atoms with Crippen LogP contribution in [0.5, 0.6) is 0 Å². The maximum Gasteiger partial charge on any atom is 0.123 e. The number of fused-ring (bicyclic) bond motifs is 3. The number of nitrogens with zero attached hydrogens (tertiary/aromatic N) is 1. The first-order chi connectivity index (χ1) is 8.33. The van der Waals surface area contributed by atoms with Crippen LogP contribution in [0.4, 0.5) is 0 Å². The minimum absolute atomic E-state index is 0.591. The Labute approximate surface area is 100 Å². The summed E-state index contributed by atoms with van der Waals surface area (Å²) in [6.45, 7) is 2.75. The van der Waals surface area contributed by atoms with E-state index in [4.69, 9.17) is 4.74 Å². The van der Waals surface area contributed by atoms with Gasteiger partial charge in [-0.1, -0.05) is 30.3 Å². The Morgan fingerprint density at radius 1 is 1.00 bits per heavy atom. The molecule has 0 unspecified atom stereocenters. The zero-order chi connectivity index (χ0) is 11.8. The number of methoxy groups -OCH3 is 1. The third kappa shape index (κ3) is 1.45. The van der Waals surface area contributed by atoms with Crippen molar-refractivity contribution >= 4 is 21.8 Å². The number of ether oxygens (including phenoxy) is 1. The number of aromatic nitrogens is 1. The molecule has 0 radical (unpaired) electrons. The second kappa shape index (κ2) is 3.90. The van der Waals surface area contributed by atoms with Crippen LogP contribution in [-0.4, -0.2) is 11.7 Å². The Balaban J connectivity index is 2.53. The summed E-state index contributed by atoms with van der Waals surface area (Å²) in [4.78, 5) is 0. The van der Waals surface area contributed by atoms with E-state index in [1.165, 1.54) is 27.4 Å². The maximum atomic E-state index is 5.31. The lowest BCUT2D eigenvalue weighted by atomic mass is 10.1. The van der Waals surface area contributed by atoms with E-state index < -0.39 is 0 Å². The summed E-state index contributed by atoms with van der Waals surface area (Å²) in [5.74, 6) is 0. The molecular formula is C15H15NO. The molecule has 17 heavy (non-hydrogen) atoms. The third-order valence-electron chi connectivity index (χ3n) is 3.26. The normalized spacial score (nSPS) is 11.4. The molecule has 0 aliphatic carbocycles. The molecule has 0 N–H and O–H groups in total. The third-order valence-corrected chi connectivity index (χ3v) is 3.26. The van der Waals surface area contributed by atoms with Crippen molar-refractivity contribution in [2.75, 3.05) is 7.11 Å².